The van der Waals surface area contributed by atoms with E-state index >= 15 is 0 Å². The molecule has 0 spiro atoms. The van der Waals surface area contributed by atoms with Crippen LogP contribution in [0.3, 0.4) is 0 Å². The Kier molecular flexibility index (Phi) is 31.0. The number of urea groups is 1. The molecule has 4 rings (SSSR count). The van der Waals surface area contributed by atoms with Gasteiger partial charge in [-0.25, -0.2) is 4.79 Å². The summed E-state index contributed by atoms with van der Waals surface area (Å²) < 4.78 is 19.9. The first-order chi connectivity index (χ1) is 34.9. The Hall–Kier alpha value is -5.11. The fourth-order valence-electron chi connectivity index (χ4n) is 8.94. The third kappa shape index (κ3) is 25.7. The molecule has 390 valence electrons. The van der Waals surface area contributed by atoms with Crippen molar-refractivity contribution in [3.05, 3.63) is 94.1 Å². The van der Waals surface area contributed by atoms with Crippen molar-refractivity contribution in [3.8, 4) is 17.2 Å². The lowest BCUT2D eigenvalue weighted by Gasteiger charge is -2.18. The van der Waals surface area contributed by atoms with Gasteiger partial charge in [-0.3, -0.25) is 20.2 Å². The second kappa shape index (κ2) is 37.6. The lowest BCUT2D eigenvalue weighted by Crippen LogP contribution is -2.51. The van der Waals surface area contributed by atoms with Crippen molar-refractivity contribution in [2.45, 2.75) is 213 Å². The molecule has 0 aliphatic carbocycles. The van der Waals surface area contributed by atoms with Gasteiger partial charge in [0, 0.05) is 0 Å². The predicted octanol–water partition coefficient (Wildman–Crippen LogP) is 17.7. The smallest absolute Gasteiger partial charge is 0.328 e. The molecule has 8 heteroatoms. The summed E-state index contributed by atoms with van der Waals surface area (Å²) in [5.74, 6) is 0.892. The summed E-state index contributed by atoms with van der Waals surface area (Å²) in [6.07, 6.45) is 48.4. The molecule has 1 aliphatic rings. The van der Waals surface area contributed by atoms with Gasteiger partial charge < -0.3 is 14.2 Å². The summed E-state index contributed by atoms with van der Waals surface area (Å²) in [6, 6.07) is 19.4. The minimum atomic E-state index is -0.810. The van der Waals surface area contributed by atoms with Crippen molar-refractivity contribution in [1.29, 1.82) is 0 Å². The van der Waals surface area contributed by atoms with Crippen LogP contribution in [0.4, 0.5) is 4.79 Å². The molecule has 3 aromatic rings. The van der Waals surface area contributed by atoms with E-state index in [2.05, 4.69) is 86.0 Å². The van der Waals surface area contributed by atoms with Gasteiger partial charge in [0.1, 0.15) is 5.57 Å². The average Bonchev–Trinajstić information content (AvgIpc) is 3.37. The largest absolute Gasteiger partial charge is 0.490 e. The molecule has 0 radical (unpaired) electrons. The summed E-state index contributed by atoms with van der Waals surface area (Å²) in [7, 11) is 0. The number of carbonyl (C=O) groups is 3. The minimum absolute atomic E-state index is 0.107. The molecule has 1 saturated heterocycles. The van der Waals surface area contributed by atoms with Crippen LogP contribution >= 0.6 is 0 Å². The van der Waals surface area contributed by atoms with Gasteiger partial charge >= 0.3 is 6.03 Å². The number of benzene rings is 3. The van der Waals surface area contributed by atoms with Gasteiger partial charge in [-0.15, -0.1) is 0 Å². The van der Waals surface area contributed by atoms with Crippen molar-refractivity contribution in [3.63, 3.8) is 0 Å². The normalized spacial score (nSPS) is 12.8. The predicted molar refractivity (Wildman–Crippen MR) is 299 cm³/mol. The maximum atomic E-state index is 12.1. The van der Waals surface area contributed by atoms with Crippen molar-refractivity contribution in [2.75, 3.05) is 19.8 Å². The van der Waals surface area contributed by atoms with Gasteiger partial charge in [-0.05, 0) is 65.3 Å². The molecule has 1 fully saturated rings. The fourth-order valence-corrected chi connectivity index (χ4v) is 8.94. The highest BCUT2D eigenvalue weighted by Crippen LogP contribution is 2.40. The second-order valence-electron chi connectivity index (χ2n) is 19.7. The molecule has 0 unspecified atom stereocenters. The quantitative estimate of drug-likeness (QED) is 0.0254. The highest BCUT2D eigenvalue weighted by atomic mass is 16.5. The number of ether oxygens (including phenoxy) is 3. The molecular formula is C63H92N2O6. The van der Waals surface area contributed by atoms with Gasteiger partial charge in [-0.2, -0.15) is 0 Å². The Balaban J connectivity index is 1.42. The molecule has 8 nitrogen and oxygen atoms in total. The lowest BCUT2D eigenvalue weighted by atomic mass is 10.1. The van der Waals surface area contributed by atoms with Crippen LogP contribution in [-0.4, -0.2) is 37.7 Å². The zero-order valence-electron chi connectivity index (χ0n) is 44.4. The molecule has 1 aliphatic heterocycles. The van der Waals surface area contributed by atoms with E-state index in [1.54, 1.807) is 0 Å². The Labute approximate surface area is 430 Å². The van der Waals surface area contributed by atoms with E-state index in [4.69, 9.17) is 14.2 Å². The number of hydrogen-bond acceptors (Lipinski definition) is 6. The molecule has 3 aromatic carbocycles. The first-order valence-electron chi connectivity index (χ1n) is 28.4. The topological polar surface area (TPSA) is 103 Å². The number of hydrogen-bond donors (Lipinski definition) is 2. The third-order valence-corrected chi connectivity index (χ3v) is 13.4. The summed E-state index contributed by atoms with van der Waals surface area (Å²) in [5.41, 5.74) is 4.71. The zero-order chi connectivity index (χ0) is 50.4. The zero-order valence-corrected chi connectivity index (χ0v) is 44.4. The first kappa shape index (κ1) is 58.5. The maximum Gasteiger partial charge on any atom is 0.328 e. The van der Waals surface area contributed by atoms with Crippen molar-refractivity contribution < 1.29 is 28.6 Å². The summed E-state index contributed by atoms with van der Waals surface area (Å²) in [4.78, 5) is 35.6. The van der Waals surface area contributed by atoms with E-state index in [0.29, 0.717) is 25.4 Å². The molecule has 71 heavy (non-hydrogen) atoms. The Morgan fingerprint density at radius 1 is 0.352 bits per heavy atom. The van der Waals surface area contributed by atoms with Gasteiger partial charge in [-0.1, -0.05) is 267 Å². The van der Waals surface area contributed by atoms with Crippen LogP contribution in [0.2, 0.25) is 0 Å². The number of unbranched alkanes of at least 4 members (excludes halogenated alkanes) is 27. The number of nitrogens with one attached hydrogen (secondary N) is 2. The Morgan fingerprint density at radius 2 is 0.634 bits per heavy atom. The summed E-state index contributed by atoms with van der Waals surface area (Å²) >= 11 is 0. The van der Waals surface area contributed by atoms with Crippen molar-refractivity contribution in [1.82, 2.24) is 10.6 Å². The van der Waals surface area contributed by atoms with Gasteiger partial charge in [0.05, 0.1) is 19.8 Å². The number of amides is 4. The molecule has 0 atom stereocenters. The molecule has 0 aromatic heterocycles. The average molecular weight is 973 g/mol. The van der Waals surface area contributed by atoms with Crippen LogP contribution in [0.5, 0.6) is 17.2 Å². The second-order valence-corrected chi connectivity index (χ2v) is 19.7. The van der Waals surface area contributed by atoms with E-state index < -0.39 is 17.8 Å². The van der Waals surface area contributed by atoms with Gasteiger partial charge in [0.2, 0.25) is 5.75 Å². The lowest BCUT2D eigenvalue weighted by molar-refractivity contribution is -0.123. The van der Waals surface area contributed by atoms with Gasteiger partial charge in [0.25, 0.3) is 11.8 Å². The highest BCUT2D eigenvalue weighted by Gasteiger charge is 2.27. The SMILES string of the molecule is CCCCCCCCCCCCOc1cc(/C=C/c2ccc(/C=C/c3ccc(C=C4C(=O)NC(=O)NC4=O)cc3)cc2)cc(OCCCCCCCCCCCC)c1OCCCCCCCCCCCC. The molecule has 2 N–H and O–H groups in total. The van der Waals surface area contributed by atoms with E-state index in [9.17, 15) is 14.4 Å². The van der Waals surface area contributed by atoms with Crippen LogP contribution in [0.15, 0.2) is 66.2 Å². The first-order valence-corrected chi connectivity index (χ1v) is 28.4. The minimum Gasteiger partial charge on any atom is -0.490 e. The Morgan fingerprint density at radius 3 is 0.972 bits per heavy atom. The van der Waals surface area contributed by atoms with E-state index in [1.807, 2.05) is 30.3 Å². The number of rotatable bonds is 41. The fraction of sp³-hybridized carbons (Fsp3) is 0.571. The monoisotopic (exact) mass is 973 g/mol. The molecule has 1 heterocycles. The standard InChI is InChI=1S/C63H92N2O6/c1-4-7-10-13-16-19-22-25-28-31-46-69-58-50-56(45-42-53-37-34-52(35-38-53)36-39-54-40-43-55(44-41-54)49-57-61(66)64-63(68)65-62(57)67)51-59(70-47-32-29-26-23-20-17-14-11-8-5-2)60(58)71-48-33-30-27-24-21-18-15-12-9-6-3/h34-45,49-51H,4-33,46-48H2,1-3H3,(H2,64,65,66,67,68)/b39-36+,45-42+. The van der Waals surface area contributed by atoms with Crippen LogP contribution in [-0.2, 0) is 9.59 Å². The molecule has 0 bridgehead atoms. The highest BCUT2D eigenvalue weighted by molar-refractivity contribution is 6.31. The molecule has 0 saturated carbocycles. The van der Waals surface area contributed by atoms with Crippen molar-refractivity contribution >= 4 is 48.2 Å². The van der Waals surface area contributed by atoms with Crippen molar-refractivity contribution in [2.24, 2.45) is 0 Å². The van der Waals surface area contributed by atoms with E-state index in [1.165, 1.54) is 179 Å². The number of barbiturate groups is 1. The van der Waals surface area contributed by atoms with Crippen LogP contribution < -0.4 is 24.8 Å². The van der Waals surface area contributed by atoms with Crippen LogP contribution in [0, 0.1) is 0 Å². The van der Waals surface area contributed by atoms with E-state index in [-0.39, 0.29) is 5.57 Å². The third-order valence-electron chi connectivity index (χ3n) is 13.4. The Bertz CT molecular complexity index is 1950. The summed E-state index contributed by atoms with van der Waals surface area (Å²) in [5, 5.41) is 4.21. The summed E-state index contributed by atoms with van der Waals surface area (Å²) in [6.45, 7) is 8.82. The number of imide groups is 2. The number of carbonyl (C=O) groups excluding carboxylic acids is 3. The van der Waals surface area contributed by atoms with Crippen LogP contribution in [0.1, 0.15) is 241 Å². The van der Waals surface area contributed by atoms with E-state index in [0.717, 1.165) is 58.8 Å². The van der Waals surface area contributed by atoms with Gasteiger partial charge in [0.15, 0.2) is 11.5 Å². The maximum absolute atomic E-state index is 12.1. The molecular weight excluding hydrogens is 881 g/mol. The molecule has 4 amide bonds. The van der Waals surface area contributed by atoms with Crippen LogP contribution in [0.25, 0.3) is 30.4 Å².